The molecule has 112 valence electrons. The monoisotopic (exact) mass is 304 g/mol. The maximum absolute atomic E-state index is 12.5. The lowest BCUT2D eigenvalue weighted by atomic mass is 10.2. The molecule has 0 spiro atoms. The molecule has 2 aromatic rings. The van der Waals surface area contributed by atoms with Crippen LogP contribution in [0.5, 0.6) is 0 Å². The summed E-state index contributed by atoms with van der Waals surface area (Å²) < 4.78 is 5.58. The summed E-state index contributed by atoms with van der Waals surface area (Å²) in [4.78, 5) is 15.7. The van der Waals surface area contributed by atoms with Crippen molar-refractivity contribution < 1.29 is 9.21 Å². The quantitative estimate of drug-likeness (QED) is 0.921. The summed E-state index contributed by atoms with van der Waals surface area (Å²) in [6.45, 7) is 4.68. The number of rotatable bonds is 3. The van der Waals surface area contributed by atoms with E-state index in [0.717, 1.165) is 30.9 Å². The molecular formula is C16H20N2O2S. The molecule has 0 aliphatic carbocycles. The van der Waals surface area contributed by atoms with E-state index in [-0.39, 0.29) is 18.1 Å². The van der Waals surface area contributed by atoms with Crippen LogP contribution in [0.1, 0.15) is 48.2 Å². The number of nitrogens with one attached hydrogen (secondary N) is 1. The second-order valence-electron chi connectivity index (χ2n) is 5.49. The van der Waals surface area contributed by atoms with Crippen LogP contribution in [0.25, 0.3) is 0 Å². The molecule has 1 saturated heterocycles. The van der Waals surface area contributed by atoms with Crippen molar-refractivity contribution in [3.05, 3.63) is 46.0 Å². The average molecular weight is 304 g/mol. The summed E-state index contributed by atoms with van der Waals surface area (Å²) in [6.07, 6.45) is 2.10. The van der Waals surface area contributed by atoms with Gasteiger partial charge >= 0.3 is 6.03 Å². The normalized spacial score (nSPS) is 19.7. The summed E-state index contributed by atoms with van der Waals surface area (Å²) in [5, 5.41) is 5.11. The van der Waals surface area contributed by atoms with Gasteiger partial charge in [0.1, 0.15) is 11.5 Å². The largest absolute Gasteiger partial charge is 0.464 e. The van der Waals surface area contributed by atoms with Gasteiger partial charge in [0, 0.05) is 11.4 Å². The van der Waals surface area contributed by atoms with Crippen LogP contribution in [0.2, 0.25) is 0 Å². The Hall–Kier alpha value is -1.75. The van der Waals surface area contributed by atoms with Gasteiger partial charge in [-0.05, 0) is 50.3 Å². The second-order valence-corrected chi connectivity index (χ2v) is 6.47. The summed E-state index contributed by atoms with van der Waals surface area (Å²) in [5.41, 5.74) is 0. The van der Waals surface area contributed by atoms with Crippen molar-refractivity contribution >= 4 is 17.4 Å². The Kier molecular flexibility index (Phi) is 4.01. The second kappa shape index (κ2) is 5.93. The van der Waals surface area contributed by atoms with E-state index < -0.39 is 0 Å². The topological polar surface area (TPSA) is 45.5 Å². The lowest BCUT2D eigenvalue weighted by Gasteiger charge is -2.25. The summed E-state index contributed by atoms with van der Waals surface area (Å²) >= 11 is 1.72. The average Bonchev–Trinajstić information content (AvgIpc) is 3.19. The summed E-state index contributed by atoms with van der Waals surface area (Å²) in [5.74, 6) is 1.66. The molecule has 2 amide bonds. The number of urea groups is 1. The molecular weight excluding hydrogens is 284 g/mol. The van der Waals surface area contributed by atoms with Gasteiger partial charge in [0.05, 0.1) is 12.1 Å². The number of likely N-dealkylation sites (tertiary alicyclic amines) is 1. The van der Waals surface area contributed by atoms with Gasteiger partial charge in [-0.25, -0.2) is 4.79 Å². The van der Waals surface area contributed by atoms with Gasteiger partial charge in [0.25, 0.3) is 0 Å². The molecule has 0 aromatic carbocycles. The molecule has 1 aliphatic heterocycles. The fraction of sp³-hybridized carbons (Fsp3) is 0.438. The highest BCUT2D eigenvalue weighted by Gasteiger charge is 2.31. The van der Waals surface area contributed by atoms with Crippen molar-refractivity contribution in [2.45, 2.75) is 38.8 Å². The maximum Gasteiger partial charge on any atom is 0.318 e. The van der Waals surface area contributed by atoms with Crippen LogP contribution in [-0.2, 0) is 0 Å². The van der Waals surface area contributed by atoms with Gasteiger partial charge in [-0.2, -0.15) is 0 Å². The number of hydrogen-bond acceptors (Lipinski definition) is 3. The van der Waals surface area contributed by atoms with Crippen molar-refractivity contribution in [3.8, 4) is 0 Å². The zero-order chi connectivity index (χ0) is 14.8. The predicted octanol–water partition coefficient (Wildman–Crippen LogP) is 4.26. The first-order chi connectivity index (χ1) is 10.1. The van der Waals surface area contributed by atoms with Crippen molar-refractivity contribution in [2.75, 3.05) is 6.54 Å². The van der Waals surface area contributed by atoms with Crippen LogP contribution < -0.4 is 5.32 Å². The Labute approximate surface area is 128 Å². The Bertz CT molecular complexity index is 606. The Balaban J connectivity index is 1.67. The fourth-order valence-corrected chi connectivity index (χ4v) is 3.69. The minimum Gasteiger partial charge on any atom is -0.464 e. The number of carbonyl (C=O) groups is 1. The van der Waals surface area contributed by atoms with Crippen molar-refractivity contribution in [1.82, 2.24) is 10.2 Å². The number of hydrogen-bond donors (Lipinski definition) is 1. The molecule has 2 unspecified atom stereocenters. The highest BCUT2D eigenvalue weighted by molar-refractivity contribution is 7.10. The van der Waals surface area contributed by atoms with E-state index in [1.165, 1.54) is 4.88 Å². The molecule has 0 saturated carbocycles. The Morgan fingerprint density at radius 2 is 2.33 bits per heavy atom. The number of aryl methyl sites for hydroxylation is 1. The van der Waals surface area contributed by atoms with E-state index in [0.29, 0.717) is 0 Å². The fourth-order valence-electron chi connectivity index (χ4n) is 2.81. The van der Waals surface area contributed by atoms with Crippen LogP contribution in [-0.4, -0.2) is 17.5 Å². The third-order valence-corrected chi connectivity index (χ3v) is 4.89. The molecule has 3 heterocycles. The van der Waals surface area contributed by atoms with Gasteiger partial charge in [0.15, 0.2) is 0 Å². The molecule has 1 aliphatic rings. The molecule has 5 heteroatoms. The summed E-state index contributed by atoms with van der Waals surface area (Å²) in [6, 6.07) is 8.09. The third-order valence-electron chi connectivity index (χ3n) is 3.91. The van der Waals surface area contributed by atoms with Crippen LogP contribution in [0.15, 0.2) is 34.1 Å². The maximum atomic E-state index is 12.5. The van der Waals surface area contributed by atoms with Crippen molar-refractivity contribution in [1.29, 1.82) is 0 Å². The lowest BCUT2D eigenvalue weighted by molar-refractivity contribution is 0.189. The standard InChI is InChI=1S/C16H20N2O2S/c1-11-7-8-14(20-11)12(2)17-16(19)18-9-3-5-13(18)15-6-4-10-21-15/h4,6-8,10,12-13H,3,5,9H2,1-2H3,(H,17,19). The van der Waals surface area contributed by atoms with E-state index in [1.54, 1.807) is 11.3 Å². The number of thiophene rings is 1. The minimum absolute atomic E-state index is 0.00699. The highest BCUT2D eigenvalue weighted by Crippen LogP contribution is 2.34. The van der Waals surface area contributed by atoms with E-state index in [9.17, 15) is 4.79 Å². The first-order valence-electron chi connectivity index (χ1n) is 7.32. The molecule has 0 bridgehead atoms. The highest BCUT2D eigenvalue weighted by atomic mass is 32.1. The van der Waals surface area contributed by atoms with E-state index in [4.69, 9.17) is 4.42 Å². The lowest BCUT2D eigenvalue weighted by Crippen LogP contribution is -2.40. The molecule has 1 fully saturated rings. The Morgan fingerprint density at radius 1 is 1.48 bits per heavy atom. The number of amides is 2. The number of furan rings is 1. The van der Waals surface area contributed by atoms with E-state index in [2.05, 4.69) is 16.8 Å². The smallest absolute Gasteiger partial charge is 0.318 e. The number of nitrogens with zero attached hydrogens (tertiary/aromatic N) is 1. The van der Waals surface area contributed by atoms with Crippen LogP contribution >= 0.6 is 11.3 Å². The van der Waals surface area contributed by atoms with Crippen LogP contribution in [0.4, 0.5) is 4.79 Å². The molecule has 4 nitrogen and oxygen atoms in total. The summed E-state index contributed by atoms with van der Waals surface area (Å²) in [7, 11) is 0. The first-order valence-corrected chi connectivity index (χ1v) is 8.20. The Morgan fingerprint density at radius 3 is 3.00 bits per heavy atom. The molecule has 3 rings (SSSR count). The molecule has 2 atom stereocenters. The van der Waals surface area contributed by atoms with Gasteiger partial charge in [-0.15, -0.1) is 11.3 Å². The van der Waals surface area contributed by atoms with E-state index in [1.807, 2.05) is 36.9 Å². The predicted molar refractivity (Wildman–Crippen MR) is 83.4 cm³/mol. The minimum atomic E-state index is -0.115. The van der Waals surface area contributed by atoms with Gasteiger partial charge in [0.2, 0.25) is 0 Å². The van der Waals surface area contributed by atoms with Gasteiger partial charge in [-0.1, -0.05) is 6.07 Å². The zero-order valence-corrected chi connectivity index (χ0v) is 13.2. The van der Waals surface area contributed by atoms with E-state index >= 15 is 0 Å². The van der Waals surface area contributed by atoms with Crippen LogP contribution in [0, 0.1) is 6.92 Å². The number of carbonyl (C=O) groups excluding carboxylic acids is 1. The van der Waals surface area contributed by atoms with Gasteiger partial charge < -0.3 is 14.6 Å². The van der Waals surface area contributed by atoms with Crippen molar-refractivity contribution in [2.24, 2.45) is 0 Å². The molecule has 1 N–H and O–H groups in total. The molecule has 21 heavy (non-hydrogen) atoms. The van der Waals surface area contributed by atoms with Crippen LogP contribution in [0.3, 0.4) is 0 Å². The third kappa shape index (κ3) is 2.97. The molecule has 2 aromatic heterocycles. The SMILES string of the molecule is Cc1ccc(C(C)NC(=O)N2CCCC2c2cccs2)o1. The molecule has 0 radical (unpaired) electrons. The van der Waals surface area contributed by atoms with Crippen molar-refractivity contribution in [3.63, 3.8) is 0 Å². The van der Waals surface area contributed by atoms with Gasteiger partial charge in [-0.3, -0.25) is 0 Å². The first kappa shape index (κ1) is 14.2. The zero-order valence-electron chi connectivity index (χ0n) is 12.3.